The molecule has 0 aliphatic carbocycles. The largest absolute Gasteiger partial charge is 0.459 e. The highest BCUT2D eigenvalue weighted by molar-refractivity contribution is 7.12. The van der Waals surface area contributed by atoms with Gasteiger partial charge in [-0.1, -0.05) is 0 Å². The van der Waals surface area contributed by atoms with Crippen molar-refractivity contribution in [1.82, 2.24) is 0 Å². The second-order valence-electron chi connectivity index (χ2n) is 2.64. The number of hydrogen-bond donors (Lipinski definition) is 3. The van der Waals surface area contributed by atoms with Gasteiger partial charge in [-0.25, -0.2) is 4.79 Å². The number of aliphatic hydroxyl groups excluding tert-OH is 2. The number of anilines is 1. The Morgan fingerprint density at radius 3 is 2.93 bits per heavy atom. The molecule has 4 N–H and O–H groups in total. The molecule has 0 aliphatic heterocycles. The lowest BCUT2D eigenvalue weighted by Crippen LogP contribution is -2.21. The van der Waals surface area contributed by atoms with Crippen molar-refractivity contribution in [3.05, 3.63) is 16.3 Å². The van der Waals surface area contributed by atoms with E-state index in [1.165, 1.54) is 11.3 Å². The first kappa shape index (κ1) is 11.0. The van der Waals surface area contributed by atoms with E-state index in [2.05, 4.69) is 0 Å². The Kier molecular flexibility index (Phi) is 3.87. The van der Waals surface area contributed by atoms with Crippen LogP contribution in [0.2, 0.25) is 0 Å². The first-order valence-electron chi connectivity index (χ1n) is 3.94. The molecule has 0 amide bonds. The number of ether oxygens (including phenoxy) is 1. The molecule has 1 aromatic heterocycles. The molecule has 0 aliphatic rings. The number of thiophene rings is 1. The maximum absolute atomic E-state index is 11.3. The Morgan fingerprint density at radius 1 is 1.71 bits per heavy atom. The predicted octanol–water partition coefficient (Wildman–Crippen LogP) is -0.160. The molecule has 1 rings (SSSR count). The van der Waals surface area contributed by atoms with Gasteiger partial charge in [-0.3, -0.25) is 0 Å². The molecular formula is C8H11NO4S. The van der Waals surface area contributed by atoms with Gasteiger partial charge in [0.05, 0.1) is 12.3 Å². The lowest BCUT2D eigenvalue weighted by atomic mass is 10.4. The summed E-state index contributed by atoms with van der Waals surface area (Å²) in [5.74, 6) is -0.579. The van der Waals surface area contributed by atoms with E-state index in [0.717, 1.165) is 0 Å². The summed E-state index contributed by atoms with van der Waals surface area (Å²) < 4.78 is 4.70. The highest BCUT2D eigenvalue weighted by Crippen LogP contribution is 2.19. The van der Waals surface area contributed by atoms with Crippen molar-refractivity contribution >= 4 is 23.0 Å². The monoisotopic (exact) mass is 217 g/mol. The molecule has 0 aromatic carbocycles. The van der Waals surface area contributed by atoms with Crippen LogP contribution in [0.3, 0.4) is 0 Å². The third kappa shape index (κ3) is 2.69. The molecule has 0 fully saturated rings. The van der Waals surface area contributed by atoms with Crippen LogP contribution in [0.25, 0.3) is 0 Å². The fraction of sp³-hybridized carbons (Fsp3) is 0.375. The summed E-state index contributed by atoms with van der Waals surface area (Å²) in [6, 6.07) is 1.60. The smallest absolute Gasteiger partial charge is 0.350 e. The summed E-state index contributed by atoms with van der Waals surface area (Å²) >= 11 is 1.17. The number of hydrogen-bond acceptors (Lipinski definition) is 6. The highest BCUT2D eigenvalue weighted by atomic mass is 32.1. The van der Waals surface area contributed by atoms with E-state index in [1.54, 1.807) is 11.4 Å². The fourth-order valence-electron chi connectivity index (χ4n) is 0.775. The first-order valence-corrected chi connectivity index (χ1v) is 4.82. The van der Waals surface area contributed by atoms with Gasteiger partial charge in [-0.15, -0.1) is 11.3 Å². The molecule has 1 aromatic rings. The third-order valence-electron chi connectivity index (χ3n) is 1.50. The van der Waals surface area contributed by atoms with Crippen LogP contribution in [0.4, 0.5) is 5.69 Å². The van der Waals surface area contributed by atoms with Gasteiger partial charge in [0.25, 0.3) is 0 Å². The SMILES string of the molecule is Nc1ccsc1C(=O)OCC(O)CO. The van der Waals surface area contributed by atoms with E-state index in [-0.39, 0.29) is 6.61 Å². The van der Waals surface area contributed by atoms with Crippen LogP contribution in [0.1, 0.15) is 9.67 Å². The molecule has 0 radical (unpaired) electrons. The van der Waals surface area contributed by atoms with E-state index >= 15 is 0 Å². The summed E-state index contributed by atoms with van der Waals surface area (Å²) in [6.07, 6.45) is -1.04. The molecule has 0 saturated carbocycles. The van der Waals surface area contributed by atoms with Crippen LogP contribution in [0.5, 0.6) is 0 Å². The summed E-state index contributed by atoms with van der Waals surface area (Å²) in [6.45, 7) is -0.667. The summed E-state index contributed by atoms with van der Waals surface area (Å²) in [5, 5.41) is 19.1. The van der Waals surface area contributed by atoms with Gasteiger partial charge < -0.3 is 20.7 Å². The van der Waals surface area contributed by atoms with Gasteiger partial charge in [0, 0.05) is 0 Å². The predicted molar refractivity (Wildman–Crippen MR) is 52.1 cm³/mol. The van der Waals surface area contributed by atoms with Gasteiger partial charge in [-0.05, 0) is 11.4 Å². The second-order valence-corrected chi connectivity index (χ2v) is 3.56. The summed E-state index contributed by atoms with van der Waals surface area (Å²) in [5.41, 5.74) is 5.84. The van der Waals surface area contributed by atoms with Gasteiger partial charge in [0.15, 0.2) is 0 Å². The Hall–Kier alpha value is -1.11. The van der Waals surface area contributed by atoms with Crippen molar-refractivity contribution in [2.75, 3.05) is 18.9 Å². The van der Waals surface area contributed by atoms with Crippen molar-refractivity contribution in [1.29, 1.82) is 0 Å². The number of aliphatic hydroxyl groups is 2. The molecule has 6 heteroatoms. The van der Waals surface area contributed by atoms with Crippen LogP contribution in [0.15, 0.2) is 11.4 Å². The van der Waals surface area contributed by atoms with E-state index in [1.807, 2.05) is 0 Å². The quantitative estimate of drug-likeness (QED) is 0.609. The summed E-state index contributed by atoms with van der Waals surface area (Å²) in [7, 11) is 0. The molecule has 0 spiro atoms. The van der Waals surface area contributed by atoms with Gasteiger partial charge in [0.1, 0.15) is 17.6 Å². The minimum atomic E-state index is -1.04. The normalized spacial score (nSPS) is 12.4. The average molecular weight is 217 g/mol. The molecule has 14 heavy (non-hydrogen) atoms. The van der Waals surface area contributed by atoms with Crippen LogP contribution in [0, 0.1) is 0 Å². The average Bonchev–Trinajstić information content (AvgIpc) is 2.60. The standard InChI is InChI=1S/C8H11NO4S/c9-6-1-2-14-7(6)8(12)13-4-5(11)3-10/h1-2,5,10-11H,3-4,9H2. The number of carbonyl (C=O) groups is 1. The van der Waals surface area contributed by atoms with E-state index < -0.39 is 18.7 Å². The molecule has 0 saturated heterocycles. The number of nitrogen functional groups attached to an aromatic ring is 1. The van der Waals surface area contributed by atoms with Gasteiger partial charge >= 0.3 is 5.97 Å². The van der Waals surface area contributed by atoms with Crippen molar-refractivity contribution in [3.8, 4) is 0 Å². The third-order valence-corrected chi connectivity index (χ3v) is 2.41. The van der Waals surface area contributed by atoms with Crippen LogP contribution in [-0.2, 0) is 4.74 Å². The fourth-order valence-corrected chi connectivity index (χ4v) is 1.49. The number of carbonyl (C=O) groups excluding carboxylic acids is 1. The molecule has 5 nitrogen and oxygen atoms in total. The summed E-state index contributed by atoms with van der Waals surface area (Å²) in [4.78, 5) is 11.6. The Balaban J connectivity index is 2.47. The maximum atomic E-state index is 11.3. The van der Waals surface area contributed by atoms with E-state index in [0.29, 0.717) is 10.6 Å². The maximum Gasteiger partial charge on any atom is 0.350 e. The second kappa shape index (κ2) is 4.94. The van der Waals surface area contributed by atoms with E-state index in [4.69, 9.17) is 20.7 Å². The minimum absolute atomic E-state index is 0.229. The number of rotatable bonds is 4. The lowest BCUT2D eigenvalue weighted by Gasteiger charge is -2.07. The highest BCUT2D eigenvalue weighted by Gasteiger charge is 2.14. The Bertz CT molecular complexity index is 312. The molecule has 1 heterocycles. The Labute approximate surface area is 84.7 Å². The molecule has 1 unspecified atom stereocenters. The zero-order chi connectivity index (χ0) is 10.6. The number of nitrogens with two attached hydrogens (primary N) is 1. The van der Waals surface area contributed by atoms with Gasteiger partial charge in [-0.2, -0.15) is 0 Å². The lowest BCUT2D eigenvalue weighted by molar-refractivity contribution is 0.00978. The minimum Gasteiger partial charge on any atom is -0.459 e. The van der Waals surface area contributed by atoms with Crippen LogP contribution < -0.4 is 5.73 Å². The molecule has 1 atom stereocenters. The van der Waals surface area contributed by atoms with Crippen molar-refractivity contribution < 1.29 is 19.7 Å². The number of esters is 1. The van der Waals surface area contributed by atoms with Gasteiger partial charge in [0.2, 0.25) is 0 Å². The van der Waals surface area contributed by atoms with Crippen molar-refractivity contribution in [2.45, 2.75) is 6.10 Å². The molecule has 0 bridgehead atoms. The molecular weight excluding hydrogens is 206 g/mol. The van der Waals surface area contributed by atoms with Crippen LogP contribution in [-0.4, -0.2) is 35.5 Å². The van der Waals surface area contributed by atoms with Crippen molar-refractivity contribution in [3.63, 3.8) is 0 Å². The first-order chi connectivity index (χ1) is 6.65. The molecule has 78 valence electrons. The van der Waals surface area contributed by atoms with Crippen molar-refractivity contribution in [2.24, 2.45) is 0 Å². The zero-order valence-electron chi connectivity index (χ0n) is 7.34. The topological polar surface area (TPSA) is 92.8 Å². The van der Waals surface area contributed by atoms with Crippen LogP contribution >= 0.6 is 11.3 Å². The van der Waals surface area contributed by atoms with E-state index in [9.17, 15) is 4.79 Å². The Morgan fingerprint density at radius 2 is 2.43 bits per heavy atom. The zero-order valence-corrected chi connectivity index (χ0v) is 8.16.